The summed E-state index contributed by atoms with van der Waals surface area (Å²) in [4.78, 5) is 22.2. The van der Waals surface area contributed by atoms with Crippen molar-refractivity contribution in [1.82, 2.24) is 20.2 Å². The Morgan fingerprint density at radius 3 is 3.00 bits per heavy atom. The molecule has 7 heteroatoms. The lowest BCUT2D eigenvalue weighted by Crippen LogP contribution is -2.54. The van der Waals surface area contributed by atoms with E-state index < -0.39 is 0 Å². The van der Waals surface area contributed by atoms with E-state index in [0.29, 0.717) is 18.9 Å². The van der Waals surface area contributed by atoms with Crippen LogP contribution in [0.4, 0.5) is 5.82 Å². The number of nitrogen functional groups attached to an aromatic ring is 1. The Balaban J connectivity index is 2.04. The van der Waals surface area contributed by atoms with Gasteiger partial charge in [0.25, 0.3) is 0 Å². The van der Waals surface area contributed by atoms with E-state index in [9.17, 15) is 4.79 Å². The van der Waals surface area contributed by atoms with Gasteiger partial charge in [-0.1, -0.05) is 6.92 Å². The molecule has 1 aromatic heterocycles. The molecule has 0 radical (unpaired) electrons. The van der Waals surface area contributed by atoms with Crippen LogP contribution in [0.3, 0.4) is 0 Å². The lowest BCUT2D eigenvalue weighted by atomic mass is 10.1. The van der Waals surface area contributed by atoms with Gasteiger partial charge < -0.3 is 10.7 Å². The Kier molecular flexibility index (Phi) is 4.06. The van der Waals surface area contributed by atoms with E-state index in [1.807, 2.05) is 6.92 Å². The van der Waals surface area contributed by atoms with Crippen molar-refractivity contribution in [2.24, 2.45) is 5.84 Å². The van der Waals surface area contributed by atoms with Crippen molar-refractivity contribution >= 4 is 11.7 Å². The highest BCUT2D eigenvalue weighted by atomic mass is 16.2. The second kappa shape index (κ2) is 5.74. The lowest BCUT2D eigenvalue weighted by molar-refractivity contribution is -0.129. The minimum atomic E-state index is -0.0761. The molecule has 1 aliphatic rings. The van der Waals surface area contributed by atoms with Crippen molar-refractivity contribution in [3.05, 3.63) is 18.1 Å². The predicted octanol–water partition coefficient (Wildman–Crippen LogP) is -0.527. The third-order valence-electron chi connectivity index (χ3n) is 3.05. The molecule has 1 aliphatic heterocycles. The number of hydrazine groups is 1. The van der Waals surface area contributed by atoms with Gasteiger partial charge in [-0.3, -0.25) is 14.7 Å². The first kappa shape index (κ1) is 12.7. The molecular formula is C11H18N6O. The maximum absolute atomic E-state index is 11.7. The summed E-state index contributed by atoms with van der Waals surface area (Å²) in [6.45, 7) is 4.16. The molecule has 4 N–H and O–H groups in total. The van der Waals surface area contributed by atoms with E-state index >= 15 is 0 Å². The van der Waals surface area contributed by atoms with Crippen LogP contribution >= 0.6 is 0 Å². The molecule has 1 fully saturated rings. The molecule has 2 heterocycles. The first-order valence-electron chi connectivity index (χ1n) is 6.04. The number of piperazine rings is 1. The molecular weight excluding hydrogens is 232 g/mol. The van der Waals surface area contributed by atoms with Crippen molar-refractivity contribution in [3.63, 3.8) is 0 Å². The minimum absolute atomic E-state index is 0.0761. The van der Waals surface area contributed by atoms with Gasteiger partial charge in [-0.15, -0.1) is 0 Å². The van der Waals surface area contributed by atoms with Crippen molar-refractivity contribution in [3.8, 4) is 0 Å². The molecule has 1 aromatic rings. The fourth-order valence-corrected chi connectivity index (χ4v) is 2.11. The average molecular weight is 250 g/mol. The van der Waals surface area contributed by atoms with Gasteiger partial charge in [-0.2, -0.15) is 0 Å². The Labute approximate surface area is 106 Å². The normalized spacial score (nSPS) is 20.6. The first-order valence-corrected chi connectivity index (χ1v) is 6.04. The van der Waals surface area contributed by atoms with Crippen LogP contribution in [-0.2, 0) is 11.3 Å². The van der Waals surface area contributed by atoms with E-state index in [-0.39, 0.29) is 11.9 Å². The highest BCUT2D eigenvalue weighted by molar-refractivity contribution is 5.82. The summed E-state index contributed by atoms with van der Waals surface area (Å²) in [5.74, 6) is 5.85. The molecule has 1 unspecified atom stereocenters. The summed E-state index contributed by atoms with van der Waals surface area (Å²) in [6.07, 6.45) is 4.05. The summed E-state index contributed by atoms with van der Waals surface area (Å²) in [5, 5.41) is 2.87. The van der Waals surface area contributed by atoms with Crippen LogP contribution in [0.2, 0.25) is 0 Å². The lowest BCUT2D eigenvalue weighted by Gasteiger charge is -2.34. The zero-order valence-corrected chi connectivity index (χ0v) is 10.4. The predicted molar refractivity (Wildman–Crippen MR) is 67.3 cm³/mol. The maximum atomic E-state index is 11.7. The Morgan fingerprint density at radius 2 is 2.39 bits per heavy atom. The van der Waals surface area contributed by atoms with E-state index in [0.717, 1.165) is 18.7 Å². The number of anilines is 1. The zero-order valence-electron chi connectivity index (χ0n) is 10.4. The molecule has 2 rings (SSSR count). The van der Waals surface area contributed by atoms with Crippen LogP contribution in [0.15, 0.2) is 12.4 Å². The van der Waals surface area contributed by atoms with Crippen molar-refractivity contribution in [2.75, 3.05) is 18.5 Å². The zero-order chi connectivity index (χ0) is 13.0. The van der Waals surface area contributed by atoms with Gasteiger partial charge in [0, 0.05) is 19.6 Å². The number of nitrogens with one attached hydrogen (secondary N) is 2. The second-order valence-electron chi connectivity index (χ2n) is 4.22. The molecule has 18 heavy (non-hydrogen) atoms. The topological polar surface area (TPSA) is 96.2 Å². The van der Waals surface area contributed by atoms with Crippen LogP contribution in [-0.4, -0.2) is 39.9 Å². The van der Waals surface area contributed by atoms with Crippen molar-refractivity contribution in [2.45, 2.75) is 25.9 Å². The van der Waals surface area contributed by atoms with Crippen LogP contribution in [0.5, 0.6) is 0 Å². The minimum Gasteiger partial charge on any atom is -0.353 e. The second-order valence-corrected chi connectivity index (χ2v) is 4.22. The van der Waals surface area contributed by atoms with Gasteiger partial charge >= 0.3 is 0 Å². The standard InChI is InChI=1S/C11H18N6O/c1-2-9-11(18)13-3-4-17(9)7-8-5-15-10(16-12)6-14-8/h5-6,9H,2-4,7,12H2,1H3,(H,13,18)(H,15,16). The number of hydrogen-bond acceptors (Lipinski definition) is 6. The van der Waals surface area contributed by atoms with Crippen LogP contribution in [0.25, 0.3) is 0 Å². The smallest absolute Gasteiger partial charge is 0.237 e. The SMILES string of the molecule is CCC1C(=O)NCCN1Cc1cnc(NN)cn1. The number of aromatic nitrogens is 2. The number of nitrogens with zero attached hydrogens (tertiary/aromatic N) is 3. The summed E-state index contributed by atoms with van der Waals surface area (Å²) in [6, 6.07) is -0.0761. The third-order valence-corrected chi connectivity index (χ3v) is 3.05. The van der Waals surface area contributed by atoms with Crippen molar-refractivity contribution < 1.29 is 4.79 Å². The molecule has 0 aromatic carbocycles. The van der Waals surface area contributed by atoms with Gasteiger partial charge in [0.15, 0.2) is 5.82 Å². The molecule has 0 saturated carbocycles. The summed E-state index contributed by atoms with van der Waals surface area (Å²) in [5.41, 5.74) is 3.27. The number of rotatable bonds is 4. The molecule has 0 bridgehead atoms. The molecule has 98 valence electrons. The first-order chi connectivity index (χ1) is 8.74. The van der Waals surface area contributed by atoms with E-state index in [1.165, 1.54) is 0 Å². The monoisotopic (exact) mass is 250 g/mol. The quantitative estimate of drug-likeness (QED) is 0.491. The number of nitrogens with two attached hydrogens (primary N) is 1. The Bertz CT molecular complexity index is 406. The van der Waals surface area contributed by atoms with E-state index in [4.69, 9.17) is 5.84 Å². The molecule has 1 amide bonds. The van der Waals surface area contributed by atoms with Crippen LogP contribution in [0.1, 0.15) is 19.0 Å². The highest BCUT2D eigenvalue weighted by Crippen LogP contribution is 2.12. The van der Waals surface area contributed by atoms with Gasteiger partial charge in [0.05, 0.1) is 24.1 Å². The highest BCUT2D eigenvalue weighted by Gasteiger charge is 2.28. The molecule has 7 nitrogen and oxygen atoms in total. The van der Waals surface area contributed by atoms with E-state index in [1.54, 1.807) is 12.4 Å². The number of carbonyl (C=O) groups excluding carboxylic acids is 1. The van der Waals surface area contributed by atoms with Crippen LogP contribution < -0.4 is 16.6 Å². The summed E-state index contributed by atoms with van der Waals surface area (Å²) < 4.78 is 0. The fourth-order valence-electron chi connectivity index (χ4n) is 2.11. The summed E-state index contributed by atoms with van der Waals surface area (Å²) in [7, 11) is 0. The largest absolute Gasteiger partial charge is 0.353 e. The van der Waals surface area contributed by atoms with Crippen molar-refractivity contribution in [1.29, 1.82) is 0 Å². The summed E-state index contributed by atoms with van der Waals surface area (Å²) >= 11 is 0. The molecule has 0 aliphatic carbocycles. The molecule has 1 saturated heterocycles. The van der Waals surface area contributed by atoms with Gasteiger partial charge in [0.1, 0.15) is 0 Å². The maximum Gasteiger partial charge on any atom is 0.237 e. The van der Waals surface area contributed by atoms with Gasteiger partial charge in [-0.05, 0) is 6.42 Å². The number of carbonyl (C=O) groups is 1. The van der Waals surface area contributed by atoms with Gasteiger partial charge in [-0.25, -0.2) is 10.8 Å². The Morgan fingerprint density at radius 1 is 1.56 bits per heavy atom. The number of amides is 1. The number of hydrogen-bond donors (Lipinski definition) is 3. The molecule has 1 atom stereocenters. The van der Waals surface area contributed by atoms with E-state index in [2.05, 4.69) is 25.6 Å². The Hall–Kier alpha value is -1.73. The third kappa shape index (κ3) is 2.74. The average Bonchev–Trinajstić information content (AvgIpc) is 2.40. The fraction of sp³-hybridized carbons (Fsp3) is 0.545. The van der Waals surface area contributed by atoms with Gasteiger partial charge in [0.2, 0.25) is 5.91 Å². The molecule has 0 spiro atoms. The van der Waals surface area contributed by atoms with Crippen LogP contribution in [0, 0.1) is 0 Å².